The lowest BCUT2D eigenvalue weighted by Crippen LogP contribution is -2.44. The topological polar surface area (TPSA) is 58.4 Å². The summed E-state index contributed by atoms with van der Waals surface area (Å²) in [5, 5.41) is 0. The molecule has 176 valence electrons. The van der Waals surface area contributed by atoms with Gasteiger partial charge in [-0.1, -0.05) is 36.8 Å². The molecule has 0 bridgehead atoms. The first-order valence-electron chi connectivity index (χ1n) is 12.8. The molecule has 2 aromatic rings. The molecule has 0 unspecified atom stereocenters. The number of nitrogens with zero attached hydrogens (tertiary/aromatic N) is 4. The Bertz CT molecular complexity index is 1020. The predicted molar refractivity (Wildman–Crippen MR) is 129 cm³/mol. The molecule has 0 aliphatic carbocycles. The summed E-state index contributed by atoms with van der Waals surface area (Å²) in [6.07, 6.45) is 8.61. The second-order valence-electron chi connectivity index (χ2n) is 10.2. The quantitative estimate of drug-likeness (QED) is 0.705. The molecular weight excluding hydrogens is 412 g/mol. The molecule has 5 rings (SSSR count). The number of benzene rings is 1. The average molecular weight is 449 g/mol. The Balaban J connectivity index is 1.17. The van der Waals surface area contributed by atoms with Crippen molar-refractivity contribution >= 4 is 5.91 Å². The summed E-state index contributed by atoms with van der Waals surface area (Å²) in [4.78, 5) is 35.0. The van der Waals surface area contributed by atoms with Gasteiger partial charge < -0.3 is 4.90 Å². The van der Waals surface area contributed by atoms with Gasteiger partial charge in [-0.25, -0.2) is 4.98 Å². The van der Waals surface area contributed by atoms with Crippen LogP contribution in [0.25, 0.3) is 0 Å². The molecule has 0 N–H and O–H groups in total. The van der Waals surface area contributed by atoms with E-state index < -0.39 is 0 Å². The van der Waals surface area contributed by atoms with Crippen molar-refractivity contribution in [2.24, 2.45) is 5.92 Å². The van der Waals surface area contributed by atoms with Crippen LogP contribution in [0.3, 0.4) is 0 Å². The lowest BCUT2D eigenvalue weighted by atomic mass is 9.91. The normalized spacial score (nSPS) is 23.8. The highest BCUT2D eigenvalue weighted by molar-refractivity contribution is 5.78. The minimum Gasteiger partial charge on any atom is -0.341 e. The molecule has 6 heteroatoms. The van der Waals surface area contributed by atoms with Crippen LogP contribution in [0.1, 0.15) is 61.5 Å². The largest absolute Gasteiger partial charge is 0.341 e. The van der Waals surface area contributed by atoms with E-state index >= 15 is 0 Å². The fraction of sp³-hybridized carbons (Fsp3) is 0.593. The number of hydrogen-bond acceptors (Lipinski definition) is 4. The third-order valence-corrected chi connectivity index (χ3v) is 7.68. The van der Waals surface area contributed by atoms with Crippen LogP contribution in [-0.2, 0) is 24.2 Å². The molecule has 2 atom stereocenters. The van der Waals surface area contributed by atoms with Gasteiger partial charge in [0.05, 0.1) is 12.2 Å². The molecule has 33 heavy (non-hydrogen) atoms. The van der Waals surface area contributed by atoms with Gasteiger partial charge in [0.25, 0.3) is 5.56 Å². The lowest BCUT2D eigenvalue weighted by molar-refractivity contribution is -0.131. The van der Waals surface area contributed by atoms with Crippen LogP contribution in [0.15, 0.2) is 41.2 Å². The maximum absolute atomic E-state index is 13.1. The van der Waals surface area contributed by atoms with Crippen molar-refractivity contribution in [3.63, 3.8) is 0 Å². The minimum absolute atomic E-state index is 0.0828. The van der Waals surface area contributed by atoms with Crippen LogP contribution in [0, 0.1) is 5.92 Å². The van der Waals surface area contributed by atoms with Crippen molar-refractivity contribution in [2.75, 3.05) is 32.7 Å². The van der Waals surface area contributed by atoms with Crippen molar-refractivity contribution < 1.29 is 4.79 Å². The highest BCUT2D eigenvalue weighted by Crippen LogP contribution is 2.27. The van der Waals surface area contributed by atoms with Crippen molar-refractivity contribution in [3.05, 3.63) is 63.8 Å². The molecule has 0 radical (unpaired) electrons. The van der Waals surface area contributed by atoms with Crippen molar-refractivity contribution in [2.45, 2.75) is 63.8 Å². The zero-order chi connectivity index (χ0) is 22.6. The molecule has 0 spiro atoms. The maximum Gasteiger partial charge on any atom is 0.253 e. The molecule has 6 nitrogen and oxygen atoms in total. The first-order chi connectivity index (χ1) is 16.2. The van der Waals surface area contributed by atoms with Crippen molar-refractivity contribution in [1.82, 2.24) is 19.4 Å². The van der Waals surface area contributed by atoms with E-state index in [0.29, 0.717) is 19.0 Å². The average Bonchev–Trinajstić information content (AvgIpc) is 3.19. The van der Waals surface area contributed by atoms with Crippen LogP contribution < -0.4 is 5.56 Å². The molecule has 2 fully saturated rings. The Labute approximate surface area is 196 Å². The van der Waals surface area contributed by atoms with Crippen molar-refractivity contribution in [3.8, 4) is 0 Å². The second-order valence-corrected chi connectivity index (χ2v) is 10.2. The number of carbonyl (C=O) groups excluding carboxylic acids is 1. The Morgan fingerprint density at radius 1 is 0.970 bits per heavy atom. The highest BCUT2D eigenvalue weighted by atomic mass is 16.2. The van der Waals surface area contributed by atoms with Gasteiger partial charge in [0.1, 0.15) is 5.82 Å². The fourth-order valence-corrected chi connectivity index (χ4v) is 5.87. The summed E-state index contributed by atoms with van der Waals surface area (Å²) in [5.74, 6) is 1.97. The molecule has 1 aromatic heterocycles. The molecular formula is C27H36N4O2. The van der Waals surface area contributed by atoms with E-state index in [9.17, 15) is 9.59 Å². The summed E-state index contributed by atoms with van der Waals surface area (Å²) in [5.41, 5.74) is 2.37. The lowest BCUT2D eigenvalue weighted by Gasteiger charge is -2.33. The number of rotatable bonds is 5. The first-order valence-corrected chi connectivity index (χ1v) is 12.8. The summed E-state index contributed by atoms with van der Waals surface area (Å²) >= 11 is 0. The van der Waals surface area contributed by atoms with Crippen LogP contribution in [0.5, 0.6) is 0 Å². The van der Waals surface area contributed by atoms with Crippen LogP contribution in [0.4, 0.5) is 0 Å². The van der Waals surface area contributed by atoms with Crippen molar-refractivity contribution in [1.29, 1.82) is 0 Å². The zero-order valence-electron chi connectivity index (χ0n) is 19.6. The van der Waals surface area contributed by atoms with Crippen LogP contribution in [-0.4, -0.2) is 58.0 Å². The molecule has 4 heterocycles. The molecule has 3 aliphatic rings. The van der Waals surface area contributed by atoms with Gasteiger partial charge >= 0.3 is 0 Å². The molecule has 2 saturated heterocycles. The second kappa shape index (κ2) is 10.2. The van der Waals surface area contributed by atoms with Gasteiger partial charge in [-0.15, -0.1) is 0 Å². The van der Waals surface area contributed by atoms with E-state index in [1.807, 2.05) is 9.47 Å². The van der Waals surface area contributed by atoms with Crippen LogP contribution in [0.2, 0.25) is 0 Å². The zero-order valence-corrected chi connectivity index (χ0v) is 19.6. The smallest absolute Gasteiger partial charge is 0.253 e. The standard InChI is InChI=1S/C27H36N4O2/c32-26-17-24(28-25-11-5-2-6-14-31(25)26)23-12-15-30(19-23)27(33)20-29-13-7-10-22(18-29)16-21-8-3-1-4-9-21/h1,3-4,8-9,17,22-23H,2,5-7,10-16,18-20H2/t22-,23-/m1/s1. The SMILES string of the molecule is O=C(CN1CCC[C@H](Cc2ccccc2)C1)N1CC[C@@H](c2cc(=O)n3c(n2)CCCCC3)C1. The summed E-state index contributed by atoms with van der Waals surface area (Å²) < 4.78 is 1.86. The summed E-state index contributed by atoms with van der Waals surface area (Å²) in [6, 6.07) is 12.4. The number of likely N-dealkylation sites (tertiary alicyclic amines) is 2. The van der Waals surface area contributed by atoms with Gasteiger partial charge in [0.2, 0.25) is 5.91 Å². The monoisotopic (exact) mass is 448 g/mol. The number of amides is 1. The number of hydrogen-bond donors (Lipinski definition) is 0. The Morgan fingerprint density at radius 3 is 2.73 bits per heavy atom. The van der Waals surface area contributed by atoms with E-state index in [0.717, 1.165) is 82.6 Å². The van der Waals surface area contributed by atoms with E-state index in [1.165, 1.54) is 12.0 Å². The molecule has 3 aliphatic heterocycles. The number of piperidine rings is 1. The summed E-state index contributed by atoms with van der Waals surface area (Å²) in [7, 11) is 0. The Hall–Kier alpha value is -2.47. The van der Waals surface area contributed by atoms with E-state index in [2.05, 4.69) is 35.2 Å². The number of aryl methyl sites for hydroxylation is 1. The Kier molecular flexibility index (Phi) is 6.91. The molecule has 1 amide bonds. The number of fused-ring (bicyclic) bond motifs is 1. The van der Waals surface area contributed by atoms with Gasteiger partial charge in [0, 0.05) is 44.6 Å². The summed E-state index contributed by atoms with van der Waals surface area (Å²) in [6.45, 7) is 4.77. The highest BCUT2D eigenvalue weighted by Gasteiger charge is 2.31. The van der Waals surface area contributed by atoms with Crippen LogP contribution >= 0.6 is 0 Å². The molecule has 0 saturated carbocycles. The third kappa shape index (κ3) is 5.37. The third-order valence-electron chi connectivity index (χ3n) is 7.68. The van der Waals surface area contributed by atoms with Gasteiger partial charge in [0.15, 0.2) is 0 Å². The first kappa shape index (κ1) is 22.3. The van der Waals surface area contributed by atoms with E-state index in [1.54, 1.807) is 6.07 Å². The van der Waals surface area contributed by atoms with E-state index in [-0.39, 0.29) is 17.4 Å². The Morgan fingerprint density at radius 2 is 1.85 bits per heavy atom. The van der Waals surface area contributed by atoms with Gasteiger partial charge in [-0.2, -0.15) is 0 Å². The van der Waals surface area contributed by atoms with Gasteiger partial charge in [-0.3, -0.25) is 19.1 Å². The molecule has 1 aromatic carbocycles. The number of carbonyl (C=O) groups is 1. The van der Waals surface area contributed by atoms with E-state index in [4.69, 9.17) is 4.98 Å². The maximum atomic E-state index is 13.1. The number of aromatic nitrogens is 2. The fourth-order valence-electron chi connectivity index (χ4n) is 5.87. The predicted octanol–water partition coefficient (Wildman–Crippen LogP) is 3.24. The minimum atomic E-state index is 0.0828. The van der Waals surface area contributed by atoms with Gasteiger partial charge in [-0.05, 0) is 56.6 Å².